The van der Waals surface area contributed by atoms with E-state index in [1.165, 1.54) is 23.0 Å². The number of hydrogen-bond donors (Lipinski definition) is 3. The summed E-state index contributed by atoms with van der Waals surface area (Å²) in [5.74, 6) is -1.03. The number of hydrogen-bond acceptors (Lipinski definition) is 7. The molecular formula is C27H37N5O6. The Bertz CT molecular complexity index is 1340. The Balaban J connectivity index is 1.83. The lowest BCUT2D eigenvalue weighted by Crippen LogP contribution is -2.50. The zero-order valence-electron chi connectivity index (χ0n) is 22.0. The van der Waals surface area contributed by atoms with Crippen molar-refractivity contribution in [1.82, 2.24) is 24.0 Å². The third-order valence-corrected chi connectivity index (χ3v) is 6.83. The number of phenols is 1. The van der Waals surface area contributed by atoms with Crippen molar-refractivity contribution < 1.29 is 19.8 Å². The number of aryl methyl sites for hydroxylation is 2. The summed E-state index contributed by atoms with van der Waals surface area (Å²) in [6.07, 6.45) is 9.16. The number of carboxylic acid groups (broad SMARTS) is 1. The van der Waals surface area contributed by atoms with Gasteiger partial charge in [0, 0.05) is 20.5 Å². The van der Waals surface area contributed by atoms with Crippen molar-refractivity contribution >= 4 is 23.4 Å². The Morgan fingerprint density at radius 1 is 1.03 bits per heavy atom. The van der Waals surface area contributed by atoms with E-state index in [-0.39, 0.29) is 23.3 Å². The number of imidazole rings is 1. The van der Waals surface area contributed by atoms with Gasteiger partial charge in [-0.25, -0.2) is 14.3 Å². The lowest BCUT2D eigenvalue weighted by atomic mass is 10.0. The molecule has 38 heavy (non-hydrogen) atoms. The molecule has 0 aliphatic carbocycles. The molecule has 206 valence electrons. The first kappa shape index (κ1) is 28.8. The zero-order chi connectivity index (χ0) is 27.7. The molecular weight excluding hydrogens is 490 g/mol. The minimum absolute atomic E-state index is 0.0785. The maximum Gasteiger partial charge on any atom is 0.333 e. The molecule has 0 aliphatic rings. The fourth-order valence-electron chi connectivity index (χ4n) is 4.69. The normalized spacial score (nSPS) is 13.0. The summed E-state index contributed by atoms with van der Waals surface area (Å²) >= 11 is 0. The first-order valence-electron chi connectivity index (χ1n) is 13.1. The second-order valence-electron chi connectivity index (χ2n) is 9.71. The maximum atomic E-state index is 13.5. The van der Waals surface area contributed by atoms with E-state index in [1.807, 2.05) is 0 Å². The van der Waals surface area contributed by atoms with E-state index in [1.54, 1.807) is 30.8 Å². The number of carbonyl (C=O) groups is 2. The number of phenolic OH excluding ortho intramolecular Hbond substituents is 1. The third kappa shape index (κ3) is 7.18. The van der Waals surface area contributed by atoms with E-state index in [9.17, 15) is 29.4 Å². The zero-order valence-corrected chi connectivity index (χ0v) is 22.0. The largest absolute Gasteiger partial charge is 0.508 e. The number of aromatic hydroxyl groups is 1. The number of fused-ring (bicyclic) bond motifs is 1. The third-order valence-electron chi connectivity index (χ3n) is 6.83. The summed E-state index contributed by atoms with van der Waals surface area (Å²) in [6, 6.07) is 5.19. The molecule has 2 unspecified atom stereocenters. The fourth-order valence-corrected chi connectivity index (χ4v) is 4.69. The molecule has 11 heteroatoms. The van der Waals surface area contributed by atoms with Gasteiger partial charge in [0.15, 0.2) is 11.2 Å². The molecule has 0 amide bonds. The molecule has 0 radical (unpaired) electrons. The van der Waals surface area contributed by atoms with Gasteiger partial charge in [-0.05, 0) is 37.0 Å². The quantitative estimate of drug-likeness (QED) is 0.190. The summed E-state index contributed by atoms with van der Waals surface area (Å²) in [6.45, 7) is 0. The molecule has 3 rings (SSSR count). The van der Waals surface area contributed by atoms with Gasteiger partial charge < -0.3 is 19.6 Å². The molecule has 3 aromatic rings. The molecule has 1 aromatic carbocycles. The highest BCUT2D eigenvalue weighted by Crippen LogP contribution is 2.17. The van der Waals surface area contributed by atoms with E-state index in [0.717, 1.165) is 49.4 Å². The molecule has 2 atom stereocenters. The van der Waals surface area contributed by atoms with Crippen LogP contribution >= 0.6 is 0 Å². The second kappa shape index (κ2) is 13.7. The van der Waals surface area contributed by atoms with Gasteiger partial charge in [-0.1, -0.05) is 50.7 Å². The van der Waals surface area contributed by atoms with Crippen LogP contribution < -0.4 is 16.6 Å². The number of nitrogens with zero attached hydrogens (tertiary/aromatic N) is 4. The molecule has 0 bridgehead atoms. The Labute approximate surface area is 220 Å². The summed E-state index contributed by atoms with van der Waals surface area (Å²) in [5.41, 5.74) is 0.135. The van der Waals surface area contributed by atoms with E-state index in [2.05, 4.69) is 10.3 Å². The highest BCUT2D eigenvalue weighted by atomic mass is 16.4. The van der Waals surface area contributed by atoms with Crippen molar-refractivity contribution in [3.05, 3.63) is 57.0 Å². The summed E-state index contributed by atoms with van der Waals surface area (Å²) in [4.78, 5) is 53.6. The van der Waals surface area contributed by atoms with Gasteiger partial charge in [0.1, 0.15) is 18.1 Å². The number of carbonyl (C=O) groups excluding carboxylic acids is 1. The van der Waals surface area contributed by atoms with Crippen molar-refractivity contribution in [2.45, 2.75) is 76.4 Å². The van der Waals surface area contributed by atoms with Gasteiger partial charge in [-0.2, -0.15) is 0 Å². The predicted molar refractivity (Wildman–Crippen MR) is 143 cm³/mol. The van der Waals surface area contributed by atoms with E-state index < -0.39 is 29.4 Å². The summed E-state index contributed by atoms with van der Waals surface area (Å²) in [5, 5.41) is 22.6. The smallest absolute Gasteiger partial charge is 0.333 e. The number of unbranched alkanes of at least 4 members (excludes halogenated alkanes) is 7. The van der Waals surface area contributed by atoms with E-state index in [0.29, 0.717) is 24.8 Å². The first-order chi connectivity index (χ1) is 18.2. The highest BCUT2D eigenvalue weighted by Gasteiger charge is 2.27. The van der Waals surface area contributed by atoms with Gasteiger partial charge in [-0.15, -0.1) is 0 Å². The molecule has 0 saturated heterocycles. The van der Waals surface area contributed by atoms with Crippen LogP contribution in [0, 0.1) is 0 Å². The van der Waals surface area contributed by atoms with Crippen LogP contribution in [0.25, 0.3) is 11.2 Å². The van der Waals surface area contributed by atoms with Crippen LogP contribution in [0.1, 0.15) is 69.5 Å². The Kier molecular flexibility index (Phi) is 10.4. The molecule has 11 nitrogen and oxygen atoms in total. The summed E-state index contributed by atoms with van der Waals surface area (Å²) in [7, 11) is 3.22. The average Bonchev–Trinajstić information content (AvgIpc) is 3.28. The number of nitrogens with one attached hydrogen (secondary N) is 1. The average molecular weight is 528 g/mol. The molecule has 0 aliphatic heterocycles. The molecule has 0 fully saturated rings. The number of aliphatic carboxylic acids is 1. The van der Waals surface area contributed by atoms with Crippen LogP contribution in [0.5, 0.6) is 5.75 Å². The number of benzene rings is 1. The number of aromatic nitrogens is 4. The van der Waals surface area contributed by atoms with Crippen molar-refractivity contribution in [1.29, 1.82) is 0 Å². The lowest BCUT2D eigenvalue weighted by Gasteiger charge is -2.25. The van der Waals surface area contributed by atoms with Gasteiger partial charge in [0.25, 0.3) is 5.56 Å². The number of carboxylic acids is 1. The van der Waals surface area contributed by atoms with Crippen molar-refractivity contribution in [3.63, 3.8) is 0 Å². The van der Waals surface area contributed by atoms with E-state index >= 15 is 0 Å². The first-order valence-corrected chi connectivity index (χ1v) is 13.1. The monoisotopic (exact) mass is 527 g/mol. The Morgan fingerprint density at radius 3 is 2.29 bits per heavy atom. The Hall–Kier alpha value is -3.73. The number of aldehydes is 1. The van der Waals surface area contributed by atoms with Gasteiger partial charge >= 0.3 is 11.7 Å². The standard InChI is InChI=1S/C27H37N5O6/c1-30-18-28-24-23(30)25(35)32(27(38)31(24)2)22(11-9-7-5-3-4-6-8-10-16-33)29-21(26(36)37)17-19-12-14-20(34)15-13-19/h12-16,18,21-22,29,34H,3-11,17H2,1-2H3,(H,36,37). The predicted octanol–water partition coefficient (Wildman–Crippen LogP) is 2.63. The molecule has 0 saturated carbocycles. The van der Waals surface area contributed by atoms with Crippen molar-refractivity contribution in [2.24, 2.45) is 14.1 Å². The molecule has 0 spiro atoms. The van der Waals surface area contributed by atoms with Gasteiger partial charge in [0.2, 0.25) is 0 Å². The highest BCUT2D eigenvalue weighted by molar-refractivity contribution is 5.74. The maximum absolute atomic E-state index is 13.5. The van der Waals surface area contributed by atoms with Crippen LogP contribution in [0.15, 0.2) is 40.2 Å². The van der Waals surface area contributed by atoms with Crippen LogP contribution in [-0.2, 0) is 30.1 Å². The van der Waals surface area contributed by atoms with Crippen molar-refractivity contribution in [2.75, 3.05) is 0 Å². The van der Waals surface area contributed by atoms with Crippen LogP contribution in [0.2, 0.25) is 0 Å². The lowest BCUT2D eigenvalue weighted by molar-refractivity contribution is -0.140. The molecule has 3 N–H and O–H groups in total. The number of rotatable bonds is 16. The van der Waals surface area contributed by atoms with Crippen LogP contribution in [0.4, 0.5) is 0 Å². The molecule has 2 heterocycles. The van der Waals surface area contributed by atoms with Crippen LogP contribution in [0.3, 0.4) is 0 Å². The van der Waals surface area contributed by atoms with Crippen LogP contribution in [-0.4, -0.2) is 47.2 Å². The summed E-state index contributed by atoms with van der Waals surface area (Å²) < 4.78 is 3.97. The topological polar surface area (TPSA) is 148 Å². The van der Waals surface area contributed by atoms with Gasteiger partial charge in [-0.3, -0.25) is 19.5 Å². The Morgan fingerprint density at radius 2 is 1.66 bits per heavy atom. The minimum Gasteiger partial charge on any atom is -0.508 e. The second-order valence-corrected chi connectivity index (χ2v) is 9.71. The minimum atomic E-state index is -1.11. The van der Waals surface area contributed by atoms with Gasteiger partial charge in [0.05, 0.1) is 12.5 Å². The van der Waals surface area contributed by atoms with Crippen molar-refractivity contribution in [3.8, 4) is 5.75 Å². The fraction of sp³-hybridized carbons (Fsp3) is 0.519. The van der Waals surface area contributed by atoms with E-state index in [4.69, 9.17) is 0 Å². The molecule has 2 aromatic heterocycles. The SMILES string of the molecule is Cn1cnc2c1c(=O)n(C(CCCCCCCCCC=O)NC(Cc1ccc(O)cc1)C(=O)O)c(=O)n2C.